The van der Waals surface area contributed by atoms with Crippen molar-refractivity contribution in [2.75, 3.05) is 11.9 Å². The molecule has 2 unspecified atom stereocenters. The fraction of sp³-hybridized carbons (Fsp3) is 0.483. The molecule has 7 heteroatoms. The standard InChI is InChI=1S/C29H41N3O4/c1-10-22(6)32(24(33)17-30-28(35)36-29(7,8)9)26(23-16-18(2)14-15-19(23)3)27(34)31-25-20(4)12-11-13-21(25)5/h11-16,22,26H,10,17H2,1-9H3,(H,30,35)(H,31,34). The molecule has 0 heterocycles. The third-order valence-electron chi connectivity index (χ3n) is 6.12. The molecule has 0 fully saturated rings. The van der Waals surface area contributed by atoms with Gasteiger partial charge in [0.1, 0.15) is 18.2 Å². The highest BCUT2D eigenvalue weighted by atomic mass is 16.6. The molecule has 2 rings (SSSR count). The lowest BCUT2D eigenvalue weighted by Gasteiger charge is -2.37. The third kappa shape index (κ3) is 7.57. The number of aryl methyl sites for hydroxylation is 4. The zero-order chi connectivity index (χ0) is 27.2. The van der Waals surface area contributed by atoms with Crippen LogP contribution in [-0.2, 0) is 14.3 Å². The van der Waals surface area contributed by atoms with Crippen molar-refractivity contribution in [3.63, 3.8) is 0 Å². The summed E-state index contributed by atoms with van der Waals surface area (Å²) in [5, 5.41) is 5.64. The fourth-order valence-electron chi connectivity index (χ4n) is 4.07. The summed E-state index contributed by atoms with van der Waals surface area (Å²) in [6.45, 7) is 16.7. The molecule has 7 nitrogen and oxygen atoms in total. The molecule has 36 heavy (non-hydrogen) atoms. The Morgan fingerprint density at radius 1 is 0.972 bits per heavy atom. The van der Waals surface area contributed by atoms with Crippen LogP contribution in [-0.4, -0.2) is 41.0 Å². The Kier molecular flexibility index (Phi) is 9.68. The number of anilines is 1. The van der Waals surface area contributed by atoms with Gasteiger partial charge >= 0.3 is 6.09 Å². The van der Waals surface area contributed by atoms with Gasteiger partial charge in [-0.05, 0) is 84.1 Å². The Morgan fingerprint density at radius 3 is 2.14 bits per heavy atom. The minimum Gasteiger partial charge on any atom is -0.444 e. The second-order valence-corrected chi connectivity index (χ2v) is 10.4. The van der Waals surface area contributed by atoms with E-state index in [4.69, 9.17) is 4.74 Å². The number of benzene rings is 2. The van der Waals surface area contributed by atoms with Gasteiger partial charge in [0.25, 0.3) is 5.91 Å². The molecular weight excluding hydrogens is 454 g/mol. The molecule has 0 radical (unpaired) electrons. The number of ether oxygens (including phenoxy) is 1. The Balaban J connectivity index is 2.50. The number of hydrogen-bond donors (Lipinski definition) is 2. The van der Waals surface area contributed by atoms with E-state index in [9.17, 15) is 14.4 Å². The van der Waals surface area contributed by atoms with Crippen molar-refractivity contribution in [2.24, 2.45) is 0 Å². The van der Waals surface area contributed by atoms with Crippen molar-refractivity contribution in [1.29, 1.82) is 0 Å². The average molecular weight is 496 g/mol. The van der Waals surface area contributed by atoms with Crippen LogP contribution in [0.3, 0.4) is 0 Å². The first-order valence-electron chi connectivity index (χ1n) is 12.5. The lowest BCUT2D eigenvalue weighted by molar-refractivity contribution is -0.140. The van der Waals surface area contributed by atoms with Crippen LogP contribution in [0, 0.1) is 27.7 Å². The number of nitrogens with one attached hydrogen (secondary N) is 2. The van der Waals surface area contributed by atoms with Gasteiger partial charge in [-0.2, -0.15) is 0 Å². The maximum atomic E-state index is 14.0. The summed E-state index contributed by atoms with van der Waals surface area (Å²) in [6.07, 6.45) is -0.0424. The first-order valence-corrected chi connectivity index (χ1v) is 12.5. The highest BCUT2D eigenvalue weighted by Crippen LogP contribution is 2.31. The van der Waals surface area contributed by atoms with Crippen LogP contribution < -0.4 is 10.6 Å². The van der Waals surface area contributed by atoms with Crippen LogP contribution in [0.15, 0.2) is 36.4 Å². The van der Waals surface area contributed by atoms with E-state index >= 15 is 0 Å². The smallest absolute Gasteiger partial charge is 0.408 e. The molecule has 0 aromatic heterocycles. The van der Waals surface area contributed by atoms with Gasteiger partial charge in [-0.25, -0.2) is 4.79 Å². The highest BCUT2D eigenvalue weighted by Gasteiger charge is 2.35. The summed E-state index contributed by atoms with van der Waals surface area (Å²) in [5.74, 6) is -0.662. The Labute approximate surface area is 215 Å². The zero-order valence-corrected chi connectivity index (χ0v) is 23.1. The minimum absolute atomic E-state index is 0.258. The van der Waals surface area contributed by atoms with E-state index in [1.807, 2.05) is 77.9 Å². The van der Waals surface area contributed by atoms with E-state index in [0.717, 1.165) is 33.5 Å². The van der Waals surface area contributed by atoms with Crippen molar-refractivity contribution in [1.82, 2.24) is 10.2 Å². The number of para-hydroxylation sites is 1. The van der Waals surface area contributed by atoms with Gasteiger partial charge in [0.05, 0.1) is 0 Å². The maximum absolute atomic E-state index is 14.0. The van der Waals surface area contributed by atoms with Crippen molar-refractivity contribution in [3.05, 3.63) is 64.2 Å². The van der Waals surface area contributed by atoms with Crippen LogP contribution in [0.1, 0.15) is 74.9 Å². The summed E-state index contributed by atoms with van der Waals surface area (Å²) >= 11 is 0. The van der Waals surface area contributed by atoms with Crippen LogP contribution in [0.5, 0.6) is 0 Å². The Bertz CT molecular complexity index is 1080. The highest BCUT2D eigenvalue weighted by molar-refractivity contribution is 5.99. The predicted octanol–water partition coefficient (Wildman–Crippen LogP) is 5.75. The van der Waals surface area contributed by atoms with Crippen LogP contribution in [0.4, 0.5) is 10.5 Å². The molecule has 2 atom stereocenters. The van der Waals surface area contributed by atoms with Gasteiger partial charge in [-0.1, -0.05) is 48.9 Å². The number of nitrogens with zero attached hydrogens (tertiary/aromatic N) is 1. The van der Waals surface area contributed by atoms with Crippen LogP contribution >= 0.6 is 0 Å². The number of carbonyl (C=O) groups excluding carboxylic acids is 3. The van der Waals surface area contributed by atoms with Gasteiger partial charge in [0, 0.05) is 11.7 Å². The lowest BCUT2D eigenvalue weighted by atomic mass is 9.95. The van der Waals surface area contributed by atoms with Crippen molar-refractivity contribution >= 4 is 23.6 Å². The normalized spacial score (nSPS) is 12.9. The molecule has 2 N–H and O–H groups in total. The van der Waals surface area contributed by atoms with Gasteiger partial charge in [-0.15, -0.1) is 0 Å². The predicted molar refractivity (Wildman–Crippen MR) is 144 cm³/mol. The van der Waals surface area contributed by atoms with Gasteiger partial charge in [-0.3, -0.25) is 9.59 Å². The zero-order valence-electron chi connectivity index (χ0n) is 23.1. The molecule has 0 bridgehead atoms. The van der Waals surface area contributed by atoms with Crippen molar-refractivity contribution in [2.45, 2.75) is 86.4 Å². The van der Waals surface area contributed by atoms with Gasteiger partial charge in [0.15, 0.2) is 0 Å². The molecule has 0 saturated carbocycles. The quantitative estimate of drug-likeness (QED) is 0.488. The number of hydrogen-bond acceptors (Lipinski definition) is 4. The number of alkyl carbamates (subject to hydrolysis) is 1. The van der Waals surface area contributed by atoms with Crippen LogP contribution in [0.25, 0.3) is 0 Å². The number of amides is 3. The third-order valence-corrected chi connectivity index (χ3v) is 6.12. The van der Waals surface area contributed by atoms with Crippen LogP contribution in [0.2, 0.25) is 0 Å². The summed E-state index contributed by atoms with van der Waals surface area (Å²) in [6, 6.07) is 10.6. The summed E-state index contributed by atoms with van der Waals surface area (Å²) in [4.78, 5) is 41.4. The molecule has 2 aromatic carbocycles. The number of carbonyl (C=O) groups is 3. The molecule has 0 saturated heterocycles. The van der Waals surface area contributed by atoms with E-state index in [2.05, 4.69) is 10.6 Å². The lowest BCUT2D eigenvalue weighted by Crippen LogP contribution is -2.50. The van der Waals surface area contributed by atoms with Gasteiger partial charge in [0.2, 0.25) is 5.91 Å². The molecule has 2 aromatic rings. The first-order chi connectivity index (χ1) is 16.7. The Hall–Kier alpha value is -3.35. The molecule has 0 aliphatic rings. The molecule has 0 aliphatic heterocycles. The largest absolute Gasteiger partial charge is 0.444 e. The Morgan fingerprint density at radius 2 is 1.58 bits per heavy atom. The molecule has 196 valence electrons. The van der Waals surface area contributed by atoms with Crippen molar-refractivity contribution in [3.8, 4) is 0 Å². The second-order valence-electron chi connectivity index (χ2n) is 10.4. The van der Waals surface area contributed by atoms with E-state index in [-0.39, 0.29) is 24.4 Å². The topological polar surface area (TPSA) is 87.7 Å². The molecule has 0 aliphatic carbocycles. The van der Waals surface area contributed by atoms with Crippen molar-refractivity contribution < 1.29 is 19.1 Å². The molecular formula is C29H41N3O4. The van der Waals surface area contributed by atoms with Gasteiger partial charge < -0.3 is 20.3 Å². The minimum atomic E-state index is -0.883. The maximum Gasteiger partial charge on any atom is 0.408 e. The van der Waals surface area contributed by atoms with E-state index < -0.39 is 17.7 Å². The fourth-order valence-corrected chi connectivity index (χ4v) is 4.07. The second kappa shape index (κ2) is 12.1. The van der Waals surface area contributed by atoms with E-state index in [1.54, 1.807) is 25.7 Å². The van der Waals surface area contributed by atoms with E-state index in [0.29, 0.717) is 6.42 Å². The molecule has 3 amide bonds. The number of rotatable bonds is 8. The average Bonchev–Trinajstić information content (AvgIpc) is 2.78. The summed E-state index contributed by atoms with van der Waals surface area (Å²) in [5.41, 5.74) is 4.58. The SMILES string of the molecule is CCC(C)N(C(=O)CNC(=O)OC(C)(C)C)C(C(=O)Nc1c(C)cccc1C)c1cc(C)ccc1C. The van der Waals surface area contributed by atoms with E-state index in [1.165, 1.54) is 0 Å². The summed E-state index contributed by atoms with van der Waals surface area (Å²) in [7, 11) is 0. The first kappa shape index (κ1) is 28.9. The monoisotopic (exact) mass is 495 g/mol. The summed E-state index contributed by atoms with van der Waals surface area (Å²) < 4.78 is 5.29. The molecule has 0 spiro atoms.